The smallest absolute Gasteiger partial charge is 0.313 e. The first-order valence-electron chi connectivity index (χ1n) is 11.4. The van der Waals surface area contributed by atoms with E-state index in [2.05, 4.69) is 13.8 Å². The lowest BCUT2D eigenvalue weighted by Crippen LogP contribution is -2.54. The Morgan fingerprint density at radius 3 is 2.40 bits per heavy atom. The second-order valence-electron chi connectivity index (χ2n) is 9.72. The maximum Gasteiger partial charge on any atom is 0.313 e. The molecule has 1 N–H and O–H groups in total. The molecule has 1 saturated carbocycles. The molecule has 1 aromatic rings. The molecular formula is C26H36O4. The topological polar surface area (TPSA) is 63.6 Å². The number of unbranched alkanes of at least 4 members (excludes halogenated alkanes) is 3. The Balaban J connectivity index is 1.72. The molecule has 0 heterocycles. The molecule has 2 aliphatic carbocycles. The molecule has 30 heavy (non-hydrogen) atoms. The van der Waals surface area contributed by atoms with Gasteiger partial charge in [0.15, 0.2) is 0 Å². The van der Waals surface area contributed by atoms with Crippen molar-refractivity contribution in [3.8, 4) is 0 Å². The average molecular weight is 413 g/mol. The van der Waals surface area contributed by atoms with Crippen LogP contribution in [0.25, 0.3) is 0 Å². The summed E-state index contributed by atoms with van der Waals surface area (Å²) in [5.74, 6) is -0.674. The SMILES string of the molecule is CC(C)CCCCCCC1(C(=O)O)C2C=CC(C2)C1(C)C(=O)OCc1ccccc1. The minimum absolute atomic E-state index is 0.0668. The van der Waals surface area contributed by atoms with Gasteiger partial charge < -0.3 is 9.84 Å². The molecule has 4 heteroatoms. The number of benzene rings is 1. The van der Waals surface area contributed by atoms with E-state index in [0.717, 1.165) is 31.2 Å². The lowest BCUT2D eigenvalue weighted by atomic mass is 9.56. The molecule has 1 fully saturated rings. The molecule has 0 amide bonds. The molecule has 0 radical (unpaired) electrons. The highest BCUT2D eigenvalue weighted by Crippen LogP contribution is 2.66. The van der Waals surface area contributed by atoms with Crippen molar-refractivity contribution in [1.82, 2.24) is 0 Å². The second kappa shape index (κ2) is 9.36. The van der Waals surface area contributed by atoms with Gasteiger partial charge in [0.05, 0.1) is 10.8 Å². The summed E-state index contributed by atoms with van der Waals surface area (Å²) >= 11 is 0. The minimum atomic E-state index is -1.07. The second-order valence-corrected chi connectivity index (χ2v) is 9.72. The monoisotopic (exact) mass is 412 g/mol. The molecular weight excluding hydrogens is 376 g/mol. The molecule has 164 valence electrons. The van der Waals surface area contributed by atoms with Gasteiger partial charge in [0.25, 0.3) is 0 Å². The number of hydrogen-bond acceptors (Lipinski definition) is 3. The summed E-state index contributed by atoms with van der Waals surface area (Å²) in [6, 6.07) is 9.57. The predicted molar refractivity (Wildman–Crippen MR) is 118 cm³/mol. The molecule has 3 rings (SSSR count). The molecule has 2 aliphatic rings. The Bertz CT molecular complexity index is 768. The van der Waals surface area contributed by atoms with Gasteiger partial charge in [-0.25, -0.2) is 0 Å². The van der Waals surface area contributed by atoms with Gasteiger partial charge in [0.1, 0.15) is 6.61 Å². The molecule has 2 bridgehead atoms. The van der Waals surface area contributed by atoms with E-state index in [1.807, 2.05) is 49.4 Å². The number of rotatable bonds is 11. The Kier molecular flexibility index (Phi) is 7.05. The molecule has 0 aliphatic heterocycles. The number of carbonyl (C=O) groups is 2. The average Bonchev–Trinajstić information content (AvgIpc) is 3.30. The van der Waals surface area contributed by atoms with E-state index in [1.165, 1.54) is 12.8 Å². The quantitative estimate of drug-likeness (QED) is 0.275. The van der Waals surface area contributed by atoms with Crippen LogP contribution in [0.1, 0.15) is 71.3 Å². The summed E-state index contributed by atoms with van der Waals surface area (Å²) in [7, 11) is 0. The fourth-order valence-corrected chi connectivity index (χ4v) is 5.66. The Morgan fingerprint density at radius 1 is 1.07 bits per heavy atom. The number of ether oxygens (including phenoxy) is 1. The summed E-state index contributed by atoms with van der Waals surface area (Å²) in [4.78, 5) is 26.0. The third kappa shape index (κ3) is 4.06. The van der Waals surface area contributed by atoms with Crippen molar-refractivity contribution >= 4 is 11.9 Å². The van der Waals surface area contributed by atoms with Crippen LogP contribution in [0, 0.1) is 28.6 Å². The van der Waals surface area contributed by atoms with E-state index in [1.54, 1.807) is 0 Å². The molecule has 0 aromatic heterocycles. The molecule has 0 spiro atoms. The summed E-state index contributed by atoms with van der Waals surface area (Å²) in [6.07, 6.45) is 10.7. The molecule has 1 aromatic carbocycles. The van der Waals surface area contributed by atoms with Crippen LogP contribution in [-0.4, -0.2) is 17.0 Å². The number of esters is 1. The van der Waals surface area contributed by atoms with E-state index in [4.69, 9.17) is 4.74 Å². The van der Waals surface area contributed by atoms with Crippen LogP contribution in [0.4, 0.5) is 0 Å². The van der Waals surface area contributed by atoms with Crippen LogP contribution >= 0.6 is 0 Å². The van der Waals surface area contributed by atoms with Crippen LogP contribution in [0.15, 0.2) is 42.5 Å². The van der Waals surface area contributed by atoms with Crippen molar-refractivity contribution < 1.29 is 19.4 Å². The van der Waals surface area contributed by atoms with Crippen LogP contribution < -0.4 is 0 Å². The third-order valence-corrected chi connectivity index (χ3v) is 7.51. The van der Waals surface area contributed by atoms with E-state index >= 15 is 0 Å². The highest BCUT2D eigenvalue weighted by Gasteiger charge is 2.71. The predicted octanol–water partition coefficient (Wildman–Crippen LogP) is 6.01. The largest absolute Gasteiger partial charge is 0.481 e. The standard InChI is InChI=1S/C26H36O4/c1-19(2)11-7-4-5-10-16-26(23(27)28)22-15-14-21(17-22)25(26,3)24(29)30-18-20-12-8-6-9-13-20/h6,8-9,12-15,19,21-22H,4-5,7,10-11,16-18H2,1-3H3,(H,27,28). The normalized spacial score (nSPS) is 29.5. The van der Waals surface area contributed by atoms with Gasteiger partial charge in [-0.3, -0.25) is 9.59 Å². The number of hydrogen-bond donors (Lipinski definition) is 1. The third-order valence-electron chi connectivity index (χ3n) is 7.51. The number of carboxylic acids is 1. The first kappa shape index (κ1) is 22.6. The summed E-state index contributed by atoms with van der Waals surface area (Å²) in [5.41, 5.74) is -1.18. The van der Waals surface area contributed by atoms with Crippen LogP contribution in [-0.2, 0) is 20.9 Å². The van der Waals surface area contributed by atoms with Crippen molar-refractivity contribution in [2.75, 3.05) is 0 Å². The fraction of sp³-hybridized carbons (Fsp3) is 0.615. The zero-order chi connectivity index (χ0) is 21.8. The number of allylic oxidation sites excluding steroid dienone is 2. The zero-order valence-electron chi connectivity index (χ0n) is 18.6. The maximum absolute atomic E-state index is 13.3. The van der Waals surface area contributed by atoms with Crippen molar-refractivity contribution in [2.45, 2.75) is 72.3 Å². The summed E-state index contributed by atoms with van der Waals surface area (Å²) < 4.78 is 5.71. The van der Waals surface area contributed by atoms with Gasteiger partial charge in [0.2, 0.25) is 0 Å². The van der Waals surface area contributed by atoms with Crippen molar-refractivity contribution in [3.63, 3.8) is 0 Å². The first-order chi connectivity index (χ1) is 14.3. The number of aliphatic carboxylic acids is 1. The molecule has 0 saturated heterocycles. The van der Waals surface area contributed by atoms with Gasteiger partial charge in [-0.05, 0) is 43.1 Å². The lowest BCUT2D eigenvalue weighted by molar-refractivity contribution is -0.180. The number of carbonyl (C=O) groups excluding carboxylic acids is 1. The van der Waals surface area contributed by atoms with Crippen molar-refractivity contribution in [3.05, 3.63) is 48.0 Å². The van der Waals surface area contributed by atoms with E-state index in [-0.39, 0.29) is 24.4 Å². The van der Waals surface area contributed by atoms with Crippen molar-refractivity contribution in [1.29, 1.82) is 0 Å². The maximum atomic E-state index is 13.3. The van der Waals surface area contributed by atoms with E-state index in [0.29, 0.717) is 12.3 Å². The van der Waals surface area contributed by atoms with Crippen LogP contribution in [0.3, 0.4) is 0 Å². The summed E-state index contributed by atoms with van der Waals surface area (Å²) in [6.45, 7) is 6.48. The van der Waals surface area contributed by atoms with Gasteiger partial charge in [-0.15, -0.1) is 0 Å². The lowest BCUT2D eigenvalue weighted by Gasteiger charge is -2.45. The highest BCUT2D eigenvalue weighted by molar-refractivity contribution is 5.90. The number of carboxylic acid groups (broad SMARTS) is 1. The van der Waals surface area contributed by atoms with E-state index < -0.39 is 16.8 Å². The van der Waals surface area contributed by atoms with E-state index in [9.17, 15) is 14.7 Å². The Morgan fingerprint density at radius 2 is 1.73 bits per heavy atom. The Hall–Kier alpha value is -2.10. The molecule has 4 nitrogen and oxygen atoms in total. The highest BCUT2D eigenvalue weighted by atomic mass is 16.5. The van der Waals surface area contributed by atoms with Crippen LogP contribution in [0.5, 0.6) is 0 Å². The van der Waals surface area contributed by atoms with Gasteiger partial charge in [0, 0.05) is 0 Å². The van der Waals surface area contributed by atoms with Crippen LogP contribution in [0.2, 0.25) is 0 Å². The zero-order valence-corrected chi connectivity index (χ0v) is 18.6. The molecule has 4 unspecified atom stereocenters. The van der Waals surface area contributed by atoms with Gasteiger partial charge in [-0.1, -0.05) is 88.4 Å². The van der Waals surface area contributed by atoms with Gasteiger partial charge in [-0.2, -0.15) is 0 Å². The fourth-order valence-electron chi connectivity index (χ4n) is 5.66. The Labute approximate surface area is 180 Å². The molecule has 4 atom stereocenters. The van der Waals surface area contributed by atoms with Crippen molar-refractivity contribution in [2.24, 2.45) is 28.6 Å². The number of fused-ring (bicyclic) bond motifs is 2. The first-order valence-corrected chi connectivity index (χ1v) is 11.4. The van der Waals surface area contributed by atoms with Gasteiger partial charge >= 0.3 is 11.9 Å². The summed E-state index contributed by atoms with van der Waals surface area (Å²) in [5, 5.41) is 10.4. The minimum Gasteiger partial charge on any atom is -0.481 e.